The second-order valence-electron chi connectivity index (χ2n) is 7.04. The summed E-state index contributed by atoms with van der Waals surface area (Å²) in [5.41, 5.74) is 0. The molecule has 3 heteroatoms. The predicted octanol–water partition coefficient (Wildman–Crippen LogP) is 1.79. The summed E-state index contributed by atoms with van der Waals surface area (Å²) in [6.07, 6.45) is 7.13. The Labute approximate surface area is 118 Å². The zero-order chi connectivity index (χ0) is 13.1. The maximum Gasteiger partial charge on any atom is 0.00796 e. The van der Waals surface area contributed by atoms with Crippen molar-refractivity contribution in [3.8, 4) is 0 Å². The van der Waals surface area contributed by atoms with Gasteiger partial charge in [0.25, 0.3) is 0 Å². The van der Waals surface area contributed by atoms with Gasteiger partial charge in [0.05, 0.1) is 0 Å². The quantitative estimate of drug-likeness (QED) is 0.836. The molecule has 110 valence electrons. The van der Waals surface area contributed by atoms with Crippen LogP contribution in [0.3, 0.4) is 0 Å². The van der Waals surface area contributed by atoms with Crippen molar-refractivity contribution in [3.05, 3.63) is 0 Å². The fourth-order valence-electron chi connectivity index (χ4n) is 4.18. The molecule has 3 saturated heterocycles. The number of rotatable bonds is 4. The van der Waals surface area contributed by atoms with E-state index in [9.17, 15) is 0 Å². The molecular weight excluding hydrogens is 234 g/mol. The van der Waals surface area contributed by atoms with E-state index in [1.165, 1.54) is 77.9 Å². The van der Waals surface area contributed by atoms with Crippen molar-refractivity contribution in [3.63, 3.8) is 0 Å². The topological polar surface area (TPSA) is 18.5 Å². The lowest BCUT2D eigenvalue weighted by atomic mass is 9.94. The summed E-state index contributed by atoms with van der Waals surface area (Å²) in [6.45, 7) is 11.7. The van der Waals surface area contributed by atoms with Crippen LogP contribution in [0, 0.1) is 11.8 Å². The van der Waals surface area contributed by atoms with Crippen molar-refractivity contribution in [2.75, 3.05) is 45.8 Å². The molecular formula is C16H31N3. The highest BCUT2D eigenvalue weighted by Crippen LogP contribution is 2.23. The average molecular weight is 265 g/mol. The first-order chi connectivity index (χ1) is 9.31. The minimum absolute atomic E-state index is 0.738. The highest BCUT2D eigenvalue weighted by atomic mass is 15.2. The molecule has 3 nitrogen and oxygen atoms in total. The van der Waals surface area contributed by atoms with Gasteiger partial charge in [0.2, 0.25) is 0 Å². The average Bonchev–Trinajstić information content (AvgIpc) is 3.05. The molecule has 3 heterocycles. The lowest BCUT2D eigenvalue weighted by Crippen LogP contribution is -2.41. The van der Waals surface area contributed by atoms with Crippen LogP contribution in [-0.4, -0.2) is 61.7 Å². The summed E-state index contributed by atoms with van der Waals surface area (Å²) in [4.78, 5) is 5.43. The predicted molar refractivity (Wildman–Crippen MR) is 80.4 cm³/mol. The molecule has 0 saturated carbocycles. The Morgan fingerprint density at radius 1 is 0.895 bits per heavy atom. The van der Waals surface area contributed by atoms with Gasteiger partial charge in [-0.25, -0.2) is 0 Å². The molecule has 3 fully saturated rings. The van der Waals surface area contributed by atoms with E-state index in [0.29, 0.717) is 0 Å². The Bertz CT molecular complexity index is 267. The van der Waals surface area contributed by atoms with E-state index in [2.05, 4.69) is 22.0 Å². The molecule has 0 aromatic heterocycles. The maximum atomic E-state index is 3.58. The molecule has 19 heavy (non-hydrogen) atoms. The summed E-state index contributed by atoms with van der Waals surface area (Å²) in [5, 5.41) is 3.58. The van der Waals surface area contributed by atoms with E-state index in [4.69, 9.17) is 0 Å². The first-order valence-electron chi connectivity index (χ1n) is 8.49. The van der Waals surface area contributed by atoms with Crippen LogP contribution in [0.5, 0.6) is 0 Å². The Morgan fingerprint density at radius 2 is 1.58 bits per heavy atom. The van der Waals surface area contributed by atoms with Crippen molar-refractivity contribution in [2.24, 2.45) is 11.8 Å². The molecule has 0 radical (unpaired) electrons. The lowest BCUT2D eigenvalue weighted by molar-refractivity contribution is 0.135. The minimum Gasteiger partial charge on any atom is -0.314 e. The monoisotopic (exact) mass is 265 g/mol. The van der Waals surface area contributed by atoms with E-state index >= 15 is 0 Å². The third-order valence-corrected chi connectivity index (χ3v) is 5.60. The lowest BCUT2D eigenvalue weighted by Gasteiger charge is -2.35. The van der Waals surface area contributed by atoms with Crippen LogP contribution in [0.2, 0.25) is 0 Å². The van der Waals surface area contributed by atoms with Gasteiger partial charge in [0.15, 0.2) is 0 Å². The third-order valence-electron chi connectivity index (χ3n) is 5.60. The van der Waals surface area contributed by atoms with Crippen molar-refractivity contribution >= 4 is 0 Å². The second-order valence-corrected chi connectivity index (χ2v) is 7.04. The SMILES string of the molecule is CC1NCCC1CN1CCC(CN2CCCC2)CC1. The Balaban J connectivity index is 1.37. The van der Waals surface area contributed by atoms with Crippen LogP contribution in [0.4, 0.5) is 0 Å². The second kappa shape index (κ2) is 6.55. The first-order valence-corrected chi connectivity index (χ1v) is 8.49. The van der Waals surface area contributed by atoms with Crippen LogP contribution in [-0.2, 0) is 0 Å². The number of piperidine rings is 1. The third kappa shape index (κ3) is 3.71. The maximum absolute atomic E-state index is 3.58. The zero-order valence-corrected chi connectivity index (χ0v) is 12.6. The highest BCUT2D eigenvalue weighted by molar-refractivity contribution is 4.84. The molecule has 3 aliphatic rings. The van der Waals surface area contributed by atoms with Gasteiger partial charge in [-0.05, 0) is 83.6 Å². The molecule has 0 spiro atoms. The van der Waals surface area contributed by atoms with E-state index in [1.807, 2.05) is 0 Å². The summed E-state index contributed by atoms with van der Waals surface area (Å²) in [6, 6.07) is 0.738. The summed E-state index contributed by atoms with van der Waals surface area (Å²) in [5.74, 6) is 1.88. The number of nitrogens with one attached hydrogen (secondary N) is 1. The van der Waals surface area contributed by atoms with Crippen LogP contribution >= 0.6 is 0 Å². The summed E-state index contributed by atoms with van der Waals surface area (Å²) < 4.78 is 0. The van der Waals surface area contributed by atoms with Gasteiger partial charge in [-0.15, -0.1) is 0 Å². The molecule has 3 aliphatic heterocycles. The van der Waals surface area contributed by atoms with E-state index in [-0.39, 0.29) is 0 Å². The van der Waals surface area contributed by atoms with Gasteiger partial charge in [-0.1, -0.05) is 0 Å². The van der Waals surface area contributed by atoms with Gasteiger partial charge in [0, 0.05) is 19.1 Å². The summed E-state index contributed by atoms with van der Waals surface area (Å²) >= 11 is 0. The molecule has 1 N–H and O–H groups in total. The number of nitrogens with zero attached hydrogens (tertiary/aromatic N) is 2. The molecule has 3 rings (SSSR count). The normalized spacial score (nSPS) is 35.2. The number of likely N-dealkylation sites (tertiary alicyclic amines) is 2. The van der Waals surface area contributed by atoms with Crippen molar-refractivity contribution < 1.29 is 0 Å². The fourth-order valence-corrected chi connectivity index (χ4v) is 4.18. The van der Waals surface area contributed by atoms with Gasteiger partial charge in [-0.3, -0.25) is 0 Å². The van der Waals surface area contributed by atoms with E-state index < -0.39 is 0 Å². The van der Waals surface area contributed by atoms with Gasteiger partial charge < -0.3 is 15.1 Å². The largest absolute Gasteiger partial charge is 0.314 e. The molecule has 0 bridgehead atoms. The van der Waals surface area contributed by atoms with Gasteiger partial charge in [0.1, 0.15) is 0 Å². The molecule has 2 unspecified atom stereocenters. The number of hydrogen-bond donors (Lipinski definition) is 1. The van der Waals surface area contributed by atoms with Crippen molar-refractivity contribution in [1.82, 2.24) is 15.1 Å². The van der Waals surface area contributed by atoms with E-state index in [1.54, 1.807) is 0 Å². The van der Waals surface area contributed by atoms with E-state index in [0.717, 1.165) is 17.9 Å². The van der Waals surface area contributed by atoms with Crippen molar-refractivity contribution in [1.29, 1.82) is 0 Å². The Hall–Kier alpha value is -0.120. The summed E-state index contributed by atoms with van der Waals surface area (Å²) in [7, 11) is 0. The molecule has 0 aromatic rings. The van der Waals surface area contributed by atoms with Crippen LogP contribution in [0.25, 0.3) is 0 Å². The highest BCUT2D eigenvalue weighted by Gasteiger charge is 2.28. The molecule has 0 aliphatic carbocycles. The first kappa shape index (κ1) is 13.8. The minimum atomic E-state index is 0.738. The fraction of sp³-hybridized carbons (Fsp3) is 1.00. The van der Waals surface area contributed by atoms with Crippen LogP contribution < -0.4 is 5.32 Å². The Morgan fingerprint density at radius 3 is 2.21 bits per heavy atom. The van der Waals surface area contributed by atoms with Crippen LogP contribution in [0.1, 0.15) is 39.0 Å². The van der Waals surface area contributed by atoms with Gasteiger partial charge in [-0.2, -0.15) is 0 Å². The molecule has 2 atom stereocenters. The molecule has 0 aromatic carbocycles. The van der Waals surface area contributed by atoms with Crippen LogP contribution in [0.15, 0.2) is 0 Å². The zero-order valence-electron chi connectivity index (χ0n) is 12.6. The Kier molecular flexibility index (Phi) is 4.78. The molecule has 0 amide bonds. The smallest absolute Gasteiger partial charge is 0.00796 e. The standard InChI is InChI=1S/C16H31N3/c1-14-16(4-7-17-14)13-19-10-5-15(6-11-19)12-18-8-2-3-9-18/h14-17H,2-13H2,1H3. The number of hydrogen-bond acceptors (Lipinski definition) is 3. The van der Waals surface area contributed by atoms with Gasteiger partial charge >= 0.3 is 0 Å². The van der Waals surface area contributed by atoms with Crippen molar-refractivity contribution in [2.45, 2.75) is 45.1 Å².